The standard InChI is InChI=1S/C11H12N2O4S/c1-16-9-5-7(18(2,14)15)3-4-8(9)10-6-11(12)13-17-10/h3-6H,1-2H3,(H2,12,13). The number of rotatable bonds is 3. The molecule has 0 amide bonds. The molecule has 18 heavy (non-hydrogen) atoms. The predicted octanol–water partition coefficient (Wildman–Crippen LogP) is 1.34. The molecule has 2 aromatic rings. The second kappa shape index (κ2) is 4.34. The van der Waals surface area contributed by atoms with Crippen LogP contribution in [0.25, 0.3) is 11.3 Å². The maximum absolute atomic E-state index is 11.4. The minimum atomic E-state index is -3.28. The Labute approximate surface area is 104 Å². The molecule has 0 atom stereocenters. The number of aromatic nitrogens is 1. The molecule has 0 fully saturated rings. The Morgan fingerprint density at radius 1 is 1.33 bits per heavy atom. The van der Waals surface area contributed by atoms with E-state index in [9.17, 15) is 8.42 Å². The van der Waals surface area contributed by atoms with Gasteiger partial charge in [-0.25, -0.2) is 8.42 Å². The Kier molecular flexibility index (Phi) is 3.00. The van der Waals surface area contributed by atoms with Crippen molar-refractivity contribution in [2.24, 2.45) is 0 Å². The summed E-state index contributed by atoms with van der Waals surface area (Å²) in [5.74, 6) is 1.05. The highest BCUT2D eigenvalue weighted by Gasteiger charge is 2.15. The van der Waals surface area contributed by atoms with Crippen molar-refractivity contribution >= 4 is 15.7 Å². The van der Waals surface area contributed by atoms with Gasteiger partial charge in [0, 0.05) is 12.3 Å². The quantitative estimate of drug-likeness (QED) is 0.902. The van der Waals surface area contributed by atoms with Crippen molar-refractivity contribution in [3.8, 4) is 17.1 Å². The van der Waals surface area contributed by atoms with Gasteiger partial charge in [-0.1, -0.05) is 5.16 Å². The van der Waals surface area contributed by atoms with E-state index in [1.165, 1.54) is 25.3 Å². The van der Waals surface area contributed by atoms with E-state index in [-0.39, 0.29) is 10.7 Å². The Balaban J connectivity index is 2.57. The van der Waals surface area contributed by atoms with Gasteiger partial charge >= 0.3 is 0 Å². The smallest absolute Gasteiger partial charge is 0.175 e. The van der Waals surface area contributed by atoms with Crippen molar-refractivity contribution in [2.45, 2.75) is 4.90 Å². The molecule has 96 valence electrons. The van der Waals surface area contributed by atoms with Gasteiger partial charge in [-0.3, -0.25) is 0 Å². The monoisotopic (exact) mass is 268 g/mol. The molecule has 0 aliphatic carbocycles. The fraction of sp³-hybridized carbons (Fsp3) is 0.182. The summed E-state index contributed by atoms with van der Waals surface area (Å²) in [6, 6.07) is 6.04. The molecule has 2 rings (SSSR count). The zero-order valence-corrected chi connectivity index (χ0v) is 10.7. The maximum Gasteiger partial charge on any atom is 0.175 e. The molecule has 0 aliphatic heterocycles. The largest absolute Gasteiger partial charge is 0.496 e. The van der Waals surface area contributed by atoms with Gasteiger partial charge in [0.05, 0.1) is 17.6 Å². The Hall–Kier alpha value is -2.02. The minimum absolute atomic E-state index is 0.176. The molecule has 0 radical (unpaired) electrons. The molecule has 0 saturated carbocycles. The van der Waals surface area contributed by atoms with Gasteiger partial charge in [0.25, 0.3) is 0 Å². The summed E-state index contributed by atoms with van der Waals surface area (Å²) in [5.41, 5.74) is 6.06. The molecule has 6 nitrogen and oxygen atoms in total. The van der Waals surface area contributed by atoms with Gasteiger partial charge in [-0.05, 0) is 18.2 Å². The number of hydrogen-bond acceptors (Lipinski definition) is 6. The van der Waals surface area contributed by atoms with Gasteiger partial charge in [-0.2, -0.15) is 0 Å². The van der Waals surface area contributed by atoms with E-state index < -0.39 is 9.84 Å². The topological polar surface area (TPSA) is 95.4 Å². The number of nitrogen functional groups attached to an aromatic ring is 1. The average Bonchev–Trinajstić information content (AvgIpc) is 2.73. The van der Waals surface area contributed by atoms with E-state index in [1.54, 1.807) is 6.07 Å². The van der Waals surface area contributed by atoms with E-state index in [0.717, 1.165) is 6.26 Å². The second-order valence-corrected chi connectivity index (χ2v) is 5.77. The van der Waals surface area contributed by atoms with E-state index >= 15 is 0 Å². The number of sulfone groups is 1. The molecule has 0 unspecified atom stereocenters. The summed E-state index contributed by atoms with van der Waals surface area (Å²) in [7, 11) is -1.83. The van der Waals surface area contributed by atoms with Crippen molar-refractivity contribution in [1.29, 1.82) is 0 Å². The van der Waals surface area contributed by atoms with Gasteiger partial charge < -0.3 is 15.0 Å². The van der Waals surface area contributed by atoms with Crippen molar-refractivity contribution in [1.82, 2.24) is 5.16 Å². The molecular weight excluding hydrogens is 256 g/mol. The fourth-order valence-corrected chi connectivity index (χ4v) is 2.16. The number of methoxy groups -OCH3 is 1. The number of nitrogens with zero attached hydrogens (tertiary/aromatic N) is 1. The number of anilines is 1. The van der Waals surface area contributed by atoms with Crippen molar-refractivity contribution < 1.29 is 17.7 Å². The molecule has 0 aliphatic rings. The van der Waals surface area contributed by atoms with E-state index in [0.29, 0.717) is 17.1 Å². The third kappa shape index (κ3) is 2.30. The van der Waals surface area contributed by atoms with Crippen molar-refractivity contribution in [2.75, 3.05) is 19.1 Å². The Bertz CT molecular complexity index is 676. The van der Waals surface area contributed by atoms with Gasteiger partial charge in [0.15, 0.2) is 21.4 Å². The van der Waals surface area contributed by atoms with Crippen LogP contribution in [0, 0.1) is 0 Å². The molecule has 1 heterocycles. The zero-order chi connectivity index (χ0) is 13.3. The minimum Gasteiger partial charge on any atom is -0.496 e. The molecular formula is C11H12N2O4S. The van der Waals surface area contributed by atoms with Crippen molar-refractivity contribution in [3.63, 3.8) is 0 Å². The fourth-order valence-electron chi connectivity index (χ4n) is 1.52. The van der Waals surface area contributed by atoms with Crippen LogP contribution in [0.2, 0.25) is 0 Å². The summed E-state index contributed by atoms with van der Waals surface area (Å²) in [4.78, 5) is 0.176. The highest BCUT2D eigenvalue weighted by molar-refractivity contribution is 7.90. The lowest BCUT2D eigenvalue weighted by Crippen LogP contribution is -1.98. The maximum atomic E-state index is 11.4. The van der Waals surface area contributed by atoms with Crippen LogP contribution in [0.15, 0.2) is 33.7 Å². The number of ether oxygens (including phenoxy) is 1. The zero-order valence-electron chi connectivity index (χ0n) is 9.88. The normalized spacial score (nSPS) is 11.4. The Morgan fingerprint density at radius 2 is 2.06 bits per heavy atom. The molecule has 1 aromatic carbocycles. The van der Waals surface area contributed by atoms with E-state index in [4.69, 9.17) is 15.0 Å². The van der Waals surface area contributed by atoms with Crippen LogP contribution in [0.1, 0.15) is 0 Å². The lowest BCUT2D eigenvalue weighted by atomic mass is 10.1. The average molecular weight is 268 g/mol. The highest BCUT2D eigenvalue weighted by Crippen LogP contribution is 2.32. The van der Waals surface area contributed by atoms with Crippen LogP contribution in [-0.2, 0) is 9.84 Å². The van der Waals surface area contributed by atoms with Crippen LogP contribution >= 0.6 is 0 Å². The molecule has 0 spiro atoms. The summed E-state index contributed by atoms with van der Waals surface area (Å²) >= 11 is 0. The first kappa shape index (κ1) is 12.4. The second-order valence-electron chi connectivity index (χ2n) is 3.75. The first-order valence-electron chi connectivity index (χ1n) is 5.02. The lowest BCUT2D eigenvalue weighted by Gasteiger charge is -2.07. The SMILES string of the molecule is COc1cc(S(C)(=O)=O)ccc1-c1cc(N)no1. The van der Waals surface area contributed by atoms with E-state index in [2.05, 4.69) is 5.16 Å². The molecule has 7 heteroatoms. The molecule has 0 bridgehead atoms. The first-order chi connectivity index (χ1) is 8.41. The van der Waals surface area contributed by atoms with Crippen LogP contribution < -0.4 is 10.5 Å². The van der Waals surface area contributed by atoms with E-state index in [1.807, 2.05) is 0 Å². The number of hydrogen-bond donors (Lipinski definition) is 1. The summed E-state index contributed by atoms with van der Waals surface area (Å²) in [5, 5.41) is 3.57. The number of nitrogens with two attached hydrogens (primary N) is 1. The first-order valence-corrected chi connectivity index (χ1v) is 6.91. The molecule has 0 saturated heterocycles. The molecule has 2 N–H and O–H groups in total. The van der Waals surface area contributed by atoms with Gasteiger partial charge in [0.1, 0.15) is 5.75 Å². The Morgan fingerprint density at radius 3 is 2.56 bits per heavy atom. The summed E-state index contributed by atoms with van der Waals surface area (Å²) in [6.07, 6.45) is 1.13. The third-order valence-electron chi connectivity index (χ3n) is 2.39. The third-order valence-corrected chi connectivity index (χ3v) is 3.51. The summed E-state index contributed by atoms with van der Waals surface area (Å²) < 4.78 is 33.0. The van der Waals surface area contributed by atoms with Crippen molar-refractivity contribution in [3.05, 3.63) is 24.3 Å². The predicted molar refractivity (Wildman–Crippen MR) is 66.0 cm³/mol. The van der Waals surface area contributed by atoms with Crippen LogP contribution in [-0.4, -0.2) is 26.9 Å². The number of benzene rings is 1. The van der Waals surface area contributed by atoms with Crippen LogP contribution in [0.3, 0.4) is 0 Å². The summed E-state index contributed by atoms with van der Waals surface area (Å²) in [6.45, 7) is 0. The van der Waals surface area contributed by atoms with Crippen LogP contribution in [0.4, 0.5) is 5.82 Å². The molecule has 1 aromatic heterocycles. The van der Waals surface area contributed by atoms with Gasteiger partial charge in [-0.15, -0.1) is 0 Å². The van der Waals surface area contributed by atoms with Gasteiger partial charge in [0.2, 0.25) is 0 Å². The lowest BCUT2D eigenvalue weighted by molar-refractivity contribution is 0.406. The van der Waals surface area contributed by atoms with Crippen LogP contribution in [0.5, 0.6) is 5.75 Å². The highest BCUT2D eigenvalue weighted by atomic mass is 32.2.